The predicted molar refractivity (Wildman–Crippen MR) is 448 cm³/mol. The van der Waals surface area contributed by atoms with Crippen molar-refractivity contribution in [3.8, 4) is 0 Å². The molecule has 16 rings (SSSR count). The molecule has 4 fully saturated rings. The quantitative estimate of drug-likeness (QED) is 0.0550. The number of benzene rings is 7. The Morgan fingerprint density at radius 2 is 0.689 bits per heavy atom. The first kappa shape index (κ1) is 90.8. The number of hydrogen-bond acceptors (Lipinski definition) is 25. The zero-order valence-corrected chi connectivity index (χ0v) is 73.0. The lowest BCUT2D eigenvalue weighted by Crippen LogP contribution is -2.37. The zero-order valence-electron chi connectivity index (χ0n) is 66.5. The second kappa shape index (κ2) is 40.8. The van der Waals surface area contributed by atoms with Crippen LogP contribution in [0.15, 0.2) is 197 Å². The molecule has 0 spiro atoms. The maximum Gasteiger partial charge on any atom is 0.187 e. The molecule has 0 saturated carbocycles. The molecule has 0 aliphatic carbocycles. The van der Waals surface area contributed by atoms with Crippen LogP contribution in [0.25, 0.3) is 0 Å². The molecule has 1 N–H and O–H groups in total. The second-order valence-corrected chi connectivity index (χ2v) is 42.1. The van der Waals surface area contributed by atoms with Crippen molar-refractivity contribution in [2.45, 2.75) is 171 Å². The van der Waals surface area contributed by atoms with Crippen molar-refractivity contribution in [2.75, 3.05) is 26.2 Å². The average Bonchev–Trinajstić information content (AvgIpc) is 0.968. The first-order chi connectivity index (χ1) is 58.5. The van der Waals surface area contributed by atoms with E-state index in [2.05, 4.69) is 112 Å². The second-order valence-electron chi connectivity index (χ2n) is 30.8. The number of nitrogens with zero attached hydrogens (tertiary/aromatic N) is 13. The van der Waals surface area contributed by atoms with E-state index in [0.717, 1.165) is 201 Å². The van der Waals surface area contributed by atoms with E-state index in [0.29, 0.717) is 17.8 Å². The number of hydrogen-bond donors (Lipinski definition) is 1. The van der Waals surface area contributed by atoms with Crippen molar-refractivity contribution in [1.29, 1.82) is 0 Å². The minimum Gasteiger partial charge on any atom is -0.292 e. The molecule has 0 radical (unpaired) electrons. The van der Waals surface area contributed by atoms with E-state index in [-0.39, 0.29) is 92.6 Å². The van der Waals surface area contributed by atoms with Gasteiger partial charge in [0.1, 0.15) is 134 Å². The number of sulfone groups is 4. The maximum atomic E-state index is 14.9. The highest BCUT2D eigenvalue weighted by Gasteiger charge is 2.37. The molecule has 9 heterocycles. The summed E-state index contributed by atoms with van der Waals surface area (Å²) in [7, 11) is -16.3. The van der Waals surface area contributed by atoms with Gasteiger partial charge in [0.2, 0.25) is 0 Å². The van der Waals surface area contributed by atoms with Crippen LogP contribution in [0, 0.1) is 64.3 Å². The first-order valence-electron chi connectivity index (χ1n) is 39.4. The summed E-state index contributed by atoms with van der Waals surface area (Å²) in [5.74, 6) is -7.53. The summed E-state index contributed by atoms with van der Waals surface area (Å²) >= 11 is 3.66. The van der Waals surface area contributed by atoms with Crippen LogP contribution in [-0.2, 0) is 88.5 Å². The van der Waals surface area contributed by atoms with Gasteiger partial charge in [-0.3, -0.25) is 24.7 Å². The number of aromatic amines is 1. The number of rotatable bonds is 24. The molecule has 4 aliphatic heterocycles. The normalized spacial score (nSPS) is 19.6. The number of aromatic nitrogens is 10. The molecule has 0 unspecified atom stereocenters. The lowest BCUT2D eigenvalue weighted by atomic mass is 9.85. The standard InChI is InChI=1S/3C22H23F2N3O2S2.C18H19F2N5O2S2/c2*1-15-6-5-9-27(22(15)16-7-3-2-4-8-16)12-17-10-19(24)20(11-18(17)23)31(28,29)13-21-25-14-26-30-21;1-15-7-8-20(16-5-3-2-4-6-16)27(11-15)12-17-9-19(24)21(10-18(17)23)31(28,29)13-22-25-14-26-30-22;19-14-6-17(29(26,27)10-18-21-11-24-28-18)15(20)5-12(14)9-25-4-2-1-3-16(25)13-7-22-23-8-13/h2*2-4,7-8,10-11,14-15,22H,5-6,9,12-13H2,1H3;2-6,9-10,14-15,20H,7-8,11-13H2,1H3;5-8,11,16H,1-4,9-10H2,(H,22,23)/t2*15-,22+;15-,20-;16-/m1001/s1. The molecular weight excluding hydrogens is 1740 g/mol. The smallest absolute Gasteiger partial charge is 0.187 e. The molecule has 7 aromatic carbocycles. The van der Waals surface area contributed by atoms with Crippen LogP contribution in [0.1, 0.15) is 167 Å². The fourth-order valence-electron chi connectivity index (χ4n) is 16.3. The number of halogens is 8. The molecule has 7 atom stereocenters. The summed E-state index contributed by atoms with van der Waals surface area (Å²) in [6.07, 6.45) is 17.5. The number of H-pyrrole nitrogens is 1. The Morgan fingerprint density at radius 1 is 0.361 bits per heavy atom. The summed E-state index contributed by atoms with van der Waals surface area (Å²) < 4.78 is 234. The predicted octanol–water partition coefficient (Wildman–Crippen LogP) is 17.5. The fourth-order valence-corrected chi connectivity index (χ4v) is 25.1. The van der Waals surface area contributed by atoms with E-state index in [1.165, 1.54) is 25.3 Å². The number of nitrogens with one attached hydrogen (secondary N) is 1. The van der Waals surface area contributed by atoms with E-state index < -0.39 is 128 Å². The van der Waals surface area contributed by atoms with Crippen LogP contribution in [-0.4, -0.2) is 127 Å². The Morgan fingerprint density at radius 3 is 1.02 bits per heavy atom. The Balaban J connectivity index is 0.000000140. The molecule has 0 amide bonds. The van der Waals surface area contributed by atoms with Gasteiger partial charge in [-0.25, -0.2) is 88.7 Å². The van der Waals surface area contributed by atoms with Crippen LogP contribution in [0.4, 0.5) is 35.1 Å². The summed E-state index contributed by atoms with van der Waals surface area (Å²) in [5.41, 5.74) is 5.03. The van der Waals surface area contributed by atoms with E-state index in [4.69, 9.17) is 0 Å². The number of likely N-dealkylation sites (tertiary alicyclic amines) is 4. The highest BCUT2D eigenvalue weighted by atomic mass is 32.2. The molecule has 4 saturated heterocycles. The van der Waals surface area contributed by atoms with Crippen LogP contribution < -0.4 is 0 Å². The van der Waals surface area contributed by atoms with E-state index in [1.54, 1.807) is 6.20 Å². The third-order valence-electron chi connectivity index (χ3n) is 22.1. The minimum absolute atomic E-state index is 0.0609. The van der Waals surface area contributed by atoms with Gasteiger partial charge in [0.15, 0.2) is 39.3 Å². The SMILES string of the molecule is C[C@@H]1CCCN(Cc2cc(F)c(S(=O)(=O)Cc3ncns3)cc2F)[C@@H]1c1ccccc1.C[C@H]1CCCN(Cc2cc(F)c(S(=O)(=O)Cc3ncns3)cc2F)[C@H]1c1ccccc1.C[C@H]1CC[C@@H](c2ccccc2)N(Cc2cc(F)c(S(=O)(=O)Cc3ncns3)cc2F)C1.O=S(=O)(Cc1ncns1)c1cc(F)c(CN2CCCC[C@@H]2c2cn[nH]c2)cc1F. The van der Waals surface area contributed by atoms with Gasteiger partial charge in [0, 0.05) is 90.9 Å². The Hall–Kier alpha value is -8.93. The summed E-state index contributed by atoms with van der Waals surface area (Å²) in [4.78, 5) is 21.2. The van der Waals surface area contributed by atoms with Gasteiger partial charge in [-0.15, -0.1) is 0 Å². The fraction of sp³-hybridized carbons (Fsp3) is 0.369. The van der Waals surface area contributed by atoms with E-state index in [1.807, 2.05) is 72.9 Å². The largest absolute Gasteiger partial charge is 0.292 e. The minimum atomic E-state index is -4.07. The Bertz CT molecular complexity index is 5590. The Labute approximate surface area is 720 Å². The molecule has 4 aliphatic rings. The van der Waals surface area contributed by atoms with E-state index >= 15 is 0 Å². The third-order valence-corrected chi connectivity index (χ3v) is 32.0. The molecular formula is C84H88F8N14O8S8. The number of piperidine rings is 4. The van der Waals surface area contributed by atoms with Crippen LogP contribution in [0.2, 0.25) is 0 Å². The van der Waals surface area contributed by atoms with Crippen LogP contribution in [0.5, 0.6) is 0 Å². The highest BCUT2D eigenvalue weighted by molar-refractivity contribution is 7.91. The van der Waals surface area contributed by atoms with Crippen molar-refractivity contribution >= 4 is 85.5 Å². The highest BCUT2D eigenvalue weighted by Crippen LogP contribution is 2.42. The maximum absolute atomic E-state index is 14.9. The molecule has 0 bridgehead atoms. The lowest BCUT2D eigenvalue weighted by Gasteiger charge is -2.40. The van der Waals surface area contributed by atoms with Gasteiger partial charge >= 0.3 is 0 Å². The molecule has 38 heteroatoms. The average molecular weight is 1830 g/mol. The van der Waals surface area contributed by atoms with Gasteiger partial charge in [-0.1, -0.05) is 118 Å². The van der Waals surface area contributed by atoms with Gasteiger partial charge < -0.3 is 0 Å². The molecule has 646 valence electrons. The first-order valence-corrected chi connectivity index (χ1v) is 49.1. The van der Waals surface area contributed by atoms with Gasteiger partial charge in [-0.2, -0.15) is 22.6 Å². The molecule has 22 nitrogen and oxygen atoms in total. The summed E-state index contributed by atoms with van der Waals surface area (Å²) in [6, 6.07) is 37.6. The van der Waals surface area contributed by atoms with Crippen LogP contribution in [0.3, 0.4) is 0 Å². The van der Waals surface area contributed by atoms with Gasteiger partial charge in [0.25, 0.3) is 0 Å². The molecule has 5 aromatic heterocycles. The van der Waals surface area contributed by atoms with Crippen molar-refractivity contribution in [3.05, 3.63) is 288 Å². The third kappa shape index (κ3) is 23.0. The summed E-state index contributed by atoms with van der Waals surface area (Å²) in [6.45, 7) is 10.4. The monoisotopic (exact) mass is 1830 g/mol. The van der Waals surface area contributed by atoms with Crippen molar-refractivity contribution in [3.63, 3.8) is 0 Å². The van der Waals surface area contributed by atoms with Gasteiger partial charge in [-0.05, 0) is 200 Å². The lowest BCUT2D eigenvalue weighted by molar-refractivity contribution is 0.0921. The van der Waals surface area contributed by atoms with Crippen molar-refractivity contribution in [1.82, 2.24) is 67.2 Å². The Kier molecular flexibility index (Phi) is 30.4. The molecule has 122 heavy (non-hydrogen) atoms. The summed E-state index contributed by atoms with van der Waals surface area (Å²) in [5, 5.41) is 7.69. The molecule has 12 aromatic rings. The topological polar surface area (TPSA) is 281 Å². The van der Waals surface area contributed by atoms with E-state index in [9.17, 15) is 68.8 Å². The van der Waals surface area contributed by atoms with Crippen molar-refractivity contribution in [2.24, 2.45) is 17.8 Å². The zero-order chi connectivity index (χ0) is 86.5. The van der Waals surface area contributed by atoms with Crippen molar-refractivity contribution < 1.29 is 68.8 Å². The van der Waals surface area contributed by atoms with Gasteiger partial charge in [0.05, 0.1) is 6.20 Å². The van der Waals surface area contributed by atoms with Crippen LogP contribution >= 0.6 is 46.1 Å².